The maximum absolute atomic E-state index is 11.4. The van der Waals surface area contributed by atoms with E-state index in [2.05, 4.69) is 25.4 Å². The van der Waals surface area contributed by atoms with Gasteiger partial charge in [-0.1, -0.05) is 6.92 Å². The molecule has 0 unspecified atom stereocenters. The van der Waals surface area contributed by atoms with E-state index >= 15 is 0 Å². The van der Waals surface area contributed by atoms with Crippen LogP contribution in [0.25, 0.3) is 0 Å². The van der Waals surface area contributed by atoms with Crippen molar-refractivity contribution < 1.29 is 8.42 Å². The molecule has 0 spiro atoms. The lowest BCUT2D eigenvalue weighted by molar-refractivity contribution is 0.588. The summed E-state index contributed by atoms with van der Waals surface area (Å²) >= 11 is 0. The van der Waals surface area contributed by atoms with Crippen molar-refractivity contribution in [3.05, 3.63) is 11.4 Å². The number of nitrogens with one attached hydrogen (secondary N) is 3. The molecule has 0 radical (unpaired) electrons. The molecular weight excluding hydrogens is 280 g/mol. The molecule has 114 valence electrons. The SMILES string of the molecule is CCCc1nc(NN)c(C)c(NCCS(=O)(=O)NC)n1. The topological polar surface area (TPSA) is 122 Å². The predicted octanol–water partition coefficient (Wildman–Crippen LogP) is -0.0158. The van der Waals surface area contributed by atoms with E-state index in [4.69, 9.17) is 5.84 Å². The number of nitrogens with two attached hydrogens (primary N) is 1. The molecule has 0 aliphatic rings. The number of aromatic nitrogens is 2. The van der Waals surface area contributed by atoms with Gasteiger partial charge in [-0.2, -0.15) is 0 Å². The Hall–Kier alpha value is -1.45. The second-order valence-corrected chi connectivity index (χ2v) is 6.35. The maximum atomic E-state index is 11.4. The normalized spacial score (nSPS) is 11.4. The van der Waals surface area contributed by atoms with Crippen molar-refractivity contribution in [3.63, 3.8) is 0 Å². The predicted molar refractivity (Wildman–Crippen MR) is 79.9 cm³/mol. The number of hydrogen-bond acceptors (Lipinski definition) is 7. The molecule has 20 heavy (non-hydrogen) atoms. The summed E-state index contributed by atoms with van der Waals surface area (Å²) in [5.41, 5.74) is 3.29. The largest absolute Gasteiger partial charge is 0.369 e. The minimum Gasteiger partial charge on any atom is -0.369 e. The van der Waals surface area contributed by atoms with E-state index < -0.39 is 10.0 Å². The van der Waals surface area contributed by atoms with Crippen LogP contribution >= 0.6 is 0 Å². The van der Waals surface area contributed by atoms with Gasteiger partial charge in [-0.25, -0.2) is 29.0 Å². The van der Waals surface area contributed by atoms with Crippen LogP contribution in [0.15, 0.2) is 0 Å². The quantitative estimate of drug-likeness (QED) is 0.393. The van der Waals surface area contributed by atoms with E-state index in [0.29, 0.717) is 17.5 Å². The van der Waals surface area contributed by atoms with Crippen molar-refractivity contribution in [2.24, 2.45) is 5.84 Å². The van der Waals surface area contributed by atoms with E-state index in [1.165, 1.54) is 7.05 Å². The number of aryl methyl sites for hydroxylation is 1. The van der Waals surface area contributed by atoms with Crippen molar-refractivity contribution in [1.29, 1.82) is 0 Å². The zero-order valence-corrected chi connectivity index (χ0v) is 12.8. The number of nitrogen functional groups attached to an aromatic ring is 1. The number of sulfonamides is 1. The lowest BCUT2D eigenvalue weighted by atomic mass is 10.2. The lowest BCUT2D eigenvalue weighted by Crippen LogP contribution is -2.26. The number of nitrogens with zero attached hydrogens (tertiary/aromatic N) is 2. The Morgan fingerprint density at radius 3 is 2.45 bits per heavy atom. The van der Waals surface area contributed by atoms with Crippen LogP contribution in [-0.4, -0.2) is 37.7 Å². The highest BCUT2D eigenvalue weighted by atomic mass is 32.2. The highest BCUT2D eigenvalue weighted by Crippen LogP contribution is 2.19. The summed E-state index contributed by atoms with van der Waals surface area (Å²) in [7, 11) is -1.84. The van der Waals surface area contributed by atoms with Gasteiger partial charge >= 0.3 is 0 Å². The van der Waals surface area contributed by atoms with Crippen molar-refractivity contribution in [2.45, 2.75) is 26.7 Å². The second kappa shape index (κ2) is 7.36. The first kappa shape index (κ1) is 16.6. The molecule has 1 aromatic heterocycles. The summed E-state index contributed by atoms with van der Waals surface area (Å²) in [6.07, 6.45) is 1.65. The first-order chi connectivity index (χ1) is 9.43. The van der Waals surface area contributed by atoms with E-state index in [9.17, 15) is 8.42 Å². The number of anilines is 2. The molecule has 5 N–H and O–H groups in total. The Labute approximate surface area is 119 Å². The zero-order valence-electron chi connectivity index (χ0n) is 12.0. The number of rotatable bonds is 8. The van der Waals surface area contributed by atoms with Gasteiger partial charge in [0.25, 0.3) is 0 Å². The van der Waals surface area contributed by atoms with Gasteiger partial charge in [0.1, 0.15) is 17.5 Å². The fourth-order valence-corrected chi connectivity index (χ4v) is 2.19. The summed E-state index contributed by atoms with van der Waals surface area (Å²) in [5.74, 6) is 7.22. The van der Waals surface area contributed by atoms with Crippen molar-refractivity contribution in [1.82, 2.24) is 14.7 Å². The van der Waals surface area contributed by atoms with Crippen molar-refractivity contribution in [3.8, 4) is 0 Å². The molecule has 0 amide bonds. The Balaban J connectivity index is 2.85. The van der Waals surface area contributed by atoms with Crippen LogP contribution < -0.4 is 21.3 Å². The van der Waals surface area contributed by atoms with Gasteiger partial charge in [0.05, 0.1) is 5.75 Å². The first-order valence-corrected chi connectivity index (χ1v) is 8.08. The third-order valence-electron chi connectivity index (χ3n) is 2.78. The van der Waals surface area contributed by atoms with Crippen molar-refractivity contribution in [2.75, 3.05) is 30.1 Å². The molecule has 1 rings (SSSR count). The van der Waals surface area contributed by atoms with Crippen LogP contribution in [-0.2, 0) is 16.4 Å². The minimum atomic E-state index is -3.23. The summed E-state index contributed by atoms with van der Waals surface area (Å²) in [5, 5.41) is 3.01. The smallest absolute Gasteiger partial charge is 0.213 e. The molecule has 1 heterocycles. The molecule has 0 atom stereocenters. The minimum absolute atomic E-state index is 0.0263. The van der Waals surface area contributed by atoms with Crippen LogP contribution in [0.3, 0.4) is 0 Å². The summed E-state index contributed by atoms with van der Waals surface area (Å²) in [6.45, 7) is 4.11. The third kappa shape index (κ3) is 4.58. The van der Waals surface area contributed by atoms with Crippen LogP contribution in [0.2, 0.25) is 0 Å². The molecular formula is C11H22N6O2S. The molecule has 0 aliphatic carbocycles. The Bertz CT molecular complexity index is 546. The van der Waals surface area contributed by atoms with Gasteiger partial charge in [0, 0.05) is 18.5 Å². The molecule has 9 heteroatoms. The standard InChI is InChI=1S/C11H22N6O2S/c1-4-5-9-15-10(8(2)11(16-9)17-12)14-6-7-20(18,19)13-3/h13H,4-7,12H2,1-3H3,(H2,14,15,16,17). The number of hydrogen-bond donors (Lipinski definition) is 4. The summed E-state index contributed by atoms with van der Waals surface area (Å²) in [6, 6.07) is 0. The lowest BCUT2D eigenvalue weighted by Gasteiger charge is -2.13. The van der Waals surface area contributed by atoms with E-state index in [1.807, 2.05) is 13.8 Å². The molecule has 0 saturated heterocycles. The molecule has 0 bridgehead atoms. The zero-order chi connectivity index (χ0) is 15.2. The molecule has 0 fully saturated rings. The van der Waals surface area contributed by atoms with Gasteiger partial charge in [0.15, 0.2) is 0 Å². The fraction of sp³-hybridized carbons (Fsp3) is 0.636. The van der Waals surface area contributed by atoms with Gasteiger partial charge in [0.2, 0.25) is 10.0 Å². The van der Waals surface area contributed by atoms with Gasteiger partial charge < -0.3 is 10.7 Å². The van der Waals surface area contributed by atoms with Crippen LogP contribution in [0.4, 0.5) is 11.6 Å². The van der Waals surface area contributed by atoms with Gasteiger partial charge in [-0.3, -0.25) is 0 Å². The Morgan fingerprint density at radius 2 is 1.90 bits per heavy atom. The average Bonchev–Trinajstić information content (AvgIpc) is 2.42. The Kier molecular flexibility index (Phi) is 6.11. The summed E-state index contributed by atoms with van der Waals surface area (Å²) < 4.78 is 25.0. The van der Waals surface area contributed by atoms with Crippen LogP contribution in [0, 0.1) is 6.92 Å². The second-order valence-electron chi connectivity index (χ2n) is 4.31. The van der Waals surface area contributed by atoms with Crippen LogP contribution in [0.1, 0.15) is 24.7 Å². The molecule has 0 saturated carbocycles. The number of hydrazine groups is 1. The highest BCUT2D eigenvalue weighted by Gasteiger charge is 2.11. The van der Waals surface area contributed by atoms with Crippen molar-refractivity contribution >= 4 is 21.7 Å². The highest BCUT2D eigenvalue weighted by molar-refractivity contribution is 7.89. The van der Waals surface area contributed by atoms with Gasteiger partial charge in [-0.15, -0.1) is 0 Å². The molecule has 1 aromatic rings. The maximum Gasteiger partial charge on any atom is 0.213 e. The summed E-state index contributed by atoms with van der Waals surface area (Å²) in [4.78, 5) is 8.68. The van der Waals surface area contributed by atoms with Crippen LogP contribution in [0.5, 0.6) is 0 Å². The molecule has 0 aliphatic heterocycles. The fourth-order valence-electron chi connectivity index (χ4n) is 1.62. The molecule has 8 nitrogen and oxygen atoms in total. The van der Waals surface area contributed by atoms with E-state index in [-0.39, 0.29) is 12.3 Å². The monoisotopic (exact) mass is 302 g/mol. The van der Waals surface area contributed by atoms with E-state index in [1.54, 1.807) is 0 Å². The molecule has 0 aromatic carbocycles. The first-order valence-electron chi connectivity index (χ1n) is 6.42. The third-order valence-corrected chi connectivity index (χ3v) is 4.14. The Morgan fingerprint density at radius 1 is 1.25 bits per heavy atom. The average molecular weight is 302 g/mol. The van der Waals surface area contributed by atoms with Gasteiger partial charge in [-0.05, 0) is 20.4 Å². The van der Waals surface area contributed by atoms with E-state index in [0.717, 1.165) is 18.4 Å².